The highest BCUT2D eigenvalue weighted by Crippen LogP contribution is 2.48. The van der Waals surface area contributed by atoms with Crippen LogP contribution >= 0.6 is 0 Å². The molecule has 1 aliphatic carbocycles. The van der Waals surface area contributed by atoms with Crippen LogP contribution in [0.4, 0.5) is 0 Å². The average Bonchev–Trinajstić information content (AvgIpc) is 3.59. The second-order valence-electron chi connectivity index (χ2n) is 12.3. The molecule has 3 heterocycles. The number of carbonyl (C=O) groups is 2. The molecule has 0 aliphatic heterocycles. The van der Waals surface area contributed by atoms with Crippen LogP contribution in [0.5, 0.6) is 0 Å². The number of benzene rings is 3. The van der Waals surface area contributed by atoms with Gasteiger partial charge in [0.2, 0.25) is 0 Å². The summed E-state index contributed by atoms with van der Waals surface area (Å²) < 4.78 is 4.05. The molecule has 0 N–H and O–H groups in total. The van der Waals surface area contributed by atoms with Gasteiger partial charge in [0.1, 0.15) is 5.65 Å². The smallest absolute Gasteiger partial charge is 0.194 e. The number of fused-ring (bicyclic) bond motifs is 2. The molecule has 3 aromatic carbocycles. The predicted molar refractivity (Wildman–Crippen MR) is 173 cm³/mol. The number of hydrogen-bond acceptors (Lipinski definition) is 3. The number of ketones is 2. The van der Waals surface area contributed by atoms with Crippen molar-refractivity contribution in [1.29, 1.82) is 0 Å². The Morgan fingerprint density at radius 2 is 1.51 bits per heavy atom. The van der Waals surface area contributed by atoms with Crippen molar-refractivity contribution in [1.82, 2.24) is 14.2 Å². The molecule has 214 valence electrons. The molecule has 3 aromatic heterocycles. The second kappa shape index (κ2) is 9.91. The molecule has 0 fully saturated rings. The first-order valence-electron chi connectivity index (χ1n) is 15.2. The van der Waals surface area contributed by atoms with Crippen LogP contribution in [0.3, 0.4) is 0 Å². The fourth-order valence-electron chi connectivity index (χ4n) is 6.88. The van der Waals surface area contributed by atoms with Gasteiger partial charge >= 0.3 is 0 Å². The molecule has 0 saturated heterocycles. The van der Waals surface area contributed by atoms with Crippen molar-refractivity contribution in [2.45, 2.75) is 59.3 Å². The van der Waals surface area contributed by atoms with Crippen molar-refractivity contribution in [3.63, 3.8) is 0 Å². The molecule has 0 unspecified atom stereocenters. The topological polar surface area (TPSA) is 56.4 Å². The van der Waals surface area contributed by atoms with Gasteiger partial charge < -0.3 is 0 Å². The number of nitrogens with zero attached hydrogens (tertiary/aromatic N) is 3. The van der Waals surface area contributed by atoms with Crippen LogP contribution in [0, 0.1) is 6.92 Å². The highest BCUT2D eigenvalue weighted by Gasteiger charge is 2.41. The summed E-state index contributed by atoms with van der Waals surface area (Å²) in [7, 11) is 0. The van der Waals surface area contributed by atoms with Crippen molar-refractivity contribution in [3.05, 3.63) is 124 Å². The van der Waals surface area contributed by atoms with Gasteiger partial charge in [0.25, 0.3) is 0 Å². The van der Waals surface area contributed by atoms with E-state index < -0.39 is 5.41 Å². The normalized spacial score (nSPS) is 14.1. The van der Waals surface area contributed by atoms with E-state index in [0.717, 1.165) is 57.3 Å². The lowest BCUT2D eigenvalue weighted by atomic mass is 9.71. The van der Waals surface area contributed by atoms with E-state index in [0.29, 0.717) is 28.8 Å². The van der Waals surface area contributed by atoms with Gasteiger partial charge in [0.05, 0.1) is 27.8 Å². The lowest BCUT2D eigenvalue weighted by molar-refractivity contribution is 0.0943. The van der Waals surface area contributed by atoms with Crippen molar-refractivity contribution in [3.8, 4) is 16.8 Å². The summed E-state index contributed by atoms with van der Waals surface area (Å²) in [6, 6.07) is 26.5. The Kier molecular flexibility index (Phi) is 6.24. The second-order valence-corrected chi connectivity index (χ2v) is 12.3. The van der Waals surface area contributed by atoms with Crippen LogP contribution in [0.25, 0.3) is 33.4 Å². The quantitative estimate of drug-likeness (QED) is 0.190. The van der Waals surface area contributed by atoms with Gasteiger partial charge in [-0.25, -0.2) is 4.68 Å². The Morgan fingerprint density at radius 3 is 2.14 bits per heavy atom. The Bertz CT molecular complexity index is 2060. The summed E-state index contributed by atoms with van der Waals surface area (Å²) in [6.45, 7) is 10.5. The SMILES string of the molecule is CCc1ccc(C(=O)c2c3c4c(c(-c5ccc(CC)cc5)cn4c4c2c(C)nn4-c2ccccc2)C(C)(C)CC3=O)cc1. The van der Waals surface area contributed by atoms with E-state index >= 15 is 0 Å². The molecule has 0 spiro atoms. The molecule has 5 heteroatoms. The van der Waals surface area contributed by atoms with E-state index in [4.69, 9.17) is 5.10 Å². The van der Waals surface area contributed by atoms with E-state index in [1.807, 2.05) is 66.2 Å². The summed E-state index contributed by atoms with van der Waals surface area (Å²) in [4.78, 5) is 28.8. The molecule has 6 aromatic rings. The molecule has 0 amide bonds. The van der Waals surface area contributed by atoms with E-state index in [-0.39, 0.29) is 11.6 Å². The third-order valence-electron chi connectivity index (χ3n) is 9.09. The average molecular weight is 566 g/mol. The highest BCUT2D eigenvalue weighted by atomic mass is 16.1. The first-order chi connectivity index (χ1) is 20.7. The first-order valence-corrected chi connectivity index (χ1v) is 15.2. The number of carbonyl (C=O) groups excluding carboxylic acids is 2. The lowest BCUT2D eigenvalue weighted by Crippen LogP contribution is -2.29. The van der Waals surface area contributed by atoms with Crippen LogP contribution in [0.15, 0.2) is 85.1 Å². The zero-order valence-corrected chi connectivity index (χ0v) is 25.4. The maximum absolute atomic E-state index is 14.6. The molecule has 5 nitrogen and oxygen atoms in total. The van der Waals surface area contributed by atoms with Gasteiger partial charge in [0, 0.05) is 29.3 Å². The van der Waals surface area contributed by atoms with Crippen molar-refractivity contribution in [2.75, 3.05) is 0 Å². The Balaban J connectivity index is 1.66. The highest BCUT2D eigenvalue weighted by molar-refractivity contribution is 6.26. The summed E-state index contributed by atoms with van der Waals surface area (Å²) in [5, 5.41) is 5.72. The zero-order valence-electron chi connectivity index (χ0n) is 25.4. The molecule has 0 atom stereocenters. The number of aryl methyl sites for hydroxylation is 3. The van der Waals surface area contributed by atoms with E-state index in [9.17, 15) is 9.59 Å². The summed E-state index contributed by atoms with van der Waals surface area (Å²) in [6.07, 6.45) is 4.34. The van der Waals surface area contributed by atoms with Gasteiger partial charge in [-0.2, -0.15) is 5.10 Å². The fraction of sp³-hybridized carbons (Fsp3) is 0.237. The molecule has 43 heavy (non-hydrogen) atoms. The number of rotatable bonds is 6. The van der Waals surface area contributed by atoms with Gasteiger partial charge in [0.15, 0.2) is 11.6 Å². The number of hydrogen-bond donors (Lipinski definition) is 0. The van der Waals surface area contributed by atoms with Gasteiger partial charge in [-0.05, 0) is 59.6 Å². The van der Waals surface area contributed by atoms with Crippen LogP contribution in [0.1, 0.15) is 82.8 Å². The summed E-state index contributed by atoms with van der Waals surface area (Å²) in [5.74, 6) is -0.148. The molecule has 0 radical (unpaired) electrons. The number of Topliss-reactive ketones (excluding diaryl/α,β-unsaturated/α-hetero) is 1. The lowest BCUT2D eigenvalue weighted by Gasteiger charge is -2.31. The van der Waals surface area contributed by atoms with Crippen molar-refractivity contribution in [2.24, 2.45) is 0 Å². The summed E-state index contributed by atoms with van der Waals surface area (Å²) >= 11 is 0. The van der Waals surface area contributed by atoms with Gasteiger partial charge in [-0.3, -0.25) is 14.0 Å². The minimum absolute atomic E-state index is 0.00392. The number of aromatic nitrogens is 3. The predicted octanol–water partition coefficient (Wildman–Crippen LogP) is 8.47. The van der Waals surface area contributed by atoms with Crippen LogP contribution < -0.4 is 0 Å². The molecule has 0 saturated carbocycles. The third-order valence-corrected chi connectivity index (χ3v) is 9.09. The standard InChI is InChI=1S/C38H35N3O2/c1-6-24-13-17-26(18-14-24)29-22-40-35-32(30(42)21-38(4,5)34(29)35)33(36(43)27-19-15-25(7-2)16-20-27)31-23(3)39-41(37(31)40)28-11-9-8-10-12-28/h8-20,22H,6-7,21H2,1-5H3. The maximum atomic E-state index is 14.6. The molecule has 0 bridgehead atoms. The monoisotopic (exact) mass is 565 g/mol. The fourth-order valence-corrected chi connectivity index (χ4v) is 6.88. The van der Waals surface area contributed by atoms with E-state index in [2.05, 4.69) is 62.6 Å². The first kappa shape index (κ1) is 27.1. The molecule has 1 aliphatic rings. The van der Waals surface area contributed by atoms with Crippen LogP contribution in [-0.4, -0.2) is 25.7 Å². The largest absolute Gasteiger partial charge is 0.299 e. The molecular weight excluding hydrogens is 530 g/mol. The van der Waals surface area contributed by atoms with Crippen molar-refractivity contribution < 1.29 is 9.59 Å². The maximum Gasteiger partial charge on any atom is 0.194 e. The number of pyridine rings is 1. The minimum Gasteiger partial charge on any atom is -0.299 e. The Morgan fingerprint density at radius 1 is 0.884 bits per heavy atom. The third kappa shape index (κ3) is 4.09. The minimum atomic E-state index is -0.430. The van der Waals surface area contributed by atoms with Crippen LogP contribution in [0.2, 0.25) is 0 Å². The Labute approximate surface area is 251 Å². The van der Waals surface area contributed by atoms with E-state index in [1.54, 1.807) is 0 Å². The molecule has 7 rings (SSSR count). The molecular formula is C38H35N3O2. The van der Waals surface area contributed by atoms with E-state index in [1.165, 1.54) is 5.56 Å². The Hall–Kier alpha value is -4.77. The van der Waals surface area contributed by atoms with Crippen LogP contribution in [-0.2, 0) is 18.3 Å². The summed E-state index contributed by atoms with van der Waals surface area (Å²) in [5.41, 5.74) is 10.1. The van der Waals surface area contributed by atoms with Gasteiger partial charge in [-0.15, -0.1) is 0 Å². The van der Waals surface area contributed by atoms with Crippen molar-refractivity contribution >= 4 is 28.1 Å². The van der Waals surface area contributed by atoms with Gasteiger partial charge in [-0.1, -0.05) is 94.4 Å². The number of para-hydroxylation sites is 1. The zero-order chi connectivity index (χ0) is 30.0.